The number of hydrogen-bond acceptors (Lipinski definition) is 3. The number of carboxylic acids is 1. The zero-order valence-electron chi connectivity index (χ0n) is 15.6. The number of aromatic nitrogens is 2. The third-order valence-electron chi connectivity index (χ3n) is 7.16. The van der Waals surface area contributed by atoms with Crippen molar-refractivity contribution >= 4 is 11.9 Å². The molecular formula is C20H29N3O3. The molecule has 6 nitrogen and oxygen atoms in total. The summed E-state index contributed by atoms with van der Waals surface area (Å²) in [7, 11) is 0. The number of carbonyl (C=O) groups is 2. The van der Waals surface area contributed by atoms with Gasteiger partial charge in [0.2, 0.25) is 0 Å². The topological polar surface area (TPSA) is 84.2 Å². The van der Waals surface area contributed by atoms with Gasteiger partial charge in [-0.05, 0) is 75.0 Å². The fourth-order valence-electron chi connectivity index (χ4n) is 6.31. The molecule has 4 bridgehead atoms. The van der Waals surface area contributed by atoms with Gasteiger partial charge in [-0.15, -0.1) is 0 Å². The summed E-state index contributed by atoms with van der Waals surface area (Å²) in [5.41, 5.74) is 0.713. The van der Waals surface area contributed by atoms with Crippen LogP contribution < -0.4 is 5.32 Å². The first-order chi connectivity index (χ1) is 12.4. The number of amides is 1. The van der Waals surface area contributed by atoms with Crippen molar-refractivity contribution in [3.8, 4) is 0 Å². The van der Waals surface area contributed by atoms with Crippen LogP contribution in [0.5, 0.6) is 0 Å². The van der Waals surface area contributed by atoms with E-state index in [1.165, 1.54) is 49.4 Å². The van der Waals surface area contributed by atoms with E-state index < -0.39 is 12.0 Å². The standard InChI is InChI=1S/C20H29N3O3/c1-3-17(20-7-13-4-14(8-20)6-15(5-13)9-20)22-18(24)16-10-21-23(11-16)12(2)19(25)26/h10-15,17H,3-9H2,1-2H3,(H,22,24)(H,25,26). The zero-order chi connectivity index (χ0) is 18.5. The lowest BCUT2D eigenvalue weighted by atomic mass is 9.47. The lowest BCUT2D eigenvalue weighted by Gasteiger charge is -2.59. The van der Waals surface area contributed by atoms with Crippen LogP contribution in [0, 0.1) is 23.2 Å². The van der Waals surface area contributed by atoms with Crippen molar-refractivity contribution in [2.24, 2.45) is 23.2 Å². The van der Waals surface area contributed by atoms with Crippen molar-refractivity contribution in [2.45, 2.75) is 70.9 Å². The average molecular weight is 359 g/mol. The van der Waals surface area contributed by atoms with Crippen molar-refractivity contribution in [1.29, 1.82) is 0 Å². The Morgan fingerprint density at radius 1 is 1.27 bits per heavy atom. The summed E-state index contributed by atoms with van der Waals surface area (Å²) in [6.45, 7) is 3.72. The molecule has 6 heteroatoms. The van der Waals surface area contributed by atoms with Gasteiger partial charge in [-0.3, -0.25) is 9.48 Å². The van der Waals surface area contributed by atoms with Crippen LogP contribution in [0.2, 0.25) is 0 Å². The summed E-state index contributed by atoms with van der Waals surface area (Å²) in [5, 5.41) is 16.4. The minimum absolute atomic E-state index is 0.128. The quantitative estimate of drug-likeness (QED) is 0.816. The van der Waals surface area contributed by atoms with Crippen LogP contribution in [0.4, 0.5) is 0 Å². The van der Waals surface area contributed by atoms with E-state index in [2.05, 4.69) is 17.3 Å². The fourth-order valence-corrected chi connectivity index (χ4v) is 6.31. The van der Waals surface area contributed by atoms with Crippen LogP contribution in [-0.4, -0.2) is 32.8 Å². The van der Waals surface area contributed by atoms with Crippen LogP contribution in [0.15, 0.2) is 12.4 Å². The maximum absolute atomic E-state index is 12.8. The Balaban J connectivity index is 1.49. The van der Waals surface area contributed by atoms with Gasteiger partial charge in [-0.25, -0.2) is 4.79 Å². The minimum atomic E-state index is -0.958. The van der Waals surface area contributed by atoms with Crippen LogP contribution >= 0.6 is 0 Å². The highest BCUT2D eigenvalue weighted by atomic mass is 16.4. The van der Waals surface area contributed by atoms with E-state index in [0.29, 0.717) is 5.56 Å². The molecule has 2 atom stereocenters. The van der Waals surface area contributed by atoms with Gasteiger partial charge in [0, 0.05) is 12.2 Å². The monoisotopic (exact) mass is 359 g/mol. The lowest BCUT2D eigenvalue weighted by Crippen LogP contribution is -2.56. The van der Waals surface area contributed by atoms with Crippen molar-refractivity contribution in [3.05, 3.63) is 18.0 Å². The van der Waals surface area contributed by atoms with Gasteiger partial charge >= 0.3 is 5.97 Å². The van der Waals surface area contributed by atoms with Gasteiger partial charge in [-0.1, -0.05) is 6.92 Å². The molecular weight excluding hydrogens is 330 g/mol. The highest BCUT2D eigenvalue weighted by Gasteiger charge is 2.54. The molecule has 2 N–H and O–H groups in total. The number of carboxylic acid groups (broad SMARTS) is 1. The van der Waals surface area contributed by atoms with Gasteiger partial charge in [0.05, 0.1) is 11.8 Å². The first kappa shape index (κ1) is 17.6. The first-order valence-corrected chi connectivity index (χ1v) is 9.98. The fraction of sp³-hybridized carbons (Fsp3) is 0.750. The van der Waals surface area contributed by atoms with Gasteiger partial charge in [0.15, 0.2) is 0 Å². The zero-order valence-corrected chi connectivity index (χ0v) is 15.6. The summed E-state index contributed by atoms with van der Waals surface area (Å²) in [6, 6.07) is -0.578. The molecule has 4 saturated carbocycles. The number of aliphatic carboxylic acids is 1. The predicted octanol–water partition coefficient (Wildman–Crippen LogP) is 3.25. The summed E-state index contributed by atoms with van der Waals surface area (Å²) in [6.07, 6.45) is 11.9. The van der Waals surface area contributed by atoms with E-state index in [0.717, 1.165) is 24.2 Å². The van der Waals surface area contributed by atoms with Gasteiger partial charge in [0.25, 0.3) is 5.91 Å². The van der Waals surface area contributed by atoms with E-state index in [1.807, 2.05) is 0 Å². The molecule has 142 valence electrons. The number of rotatable bonds is 6. The molecule has 1 heterocycles. The molecule has 5 rings (SSSR count). The van der Waals surface area contributed by atoms with Crippen LogP contribution in [0.3, 0.4) is 0 Å². The highest BCUT2D eigenvalue weighted by molar-refractivity contribution is 5.94. The van der Waals surface area contributed by atoms with Gasteiger partial charge in [-0.2, -0.15) is 5.10 Å². The van der Waals surface area contributed by atoms with E-state index in [1.54, 1.807) is 13.1 Å². The Morgan fingerprint density at radius 3 is 2.35 bits per heavy atom. The number of nitrogens with zero attached hydrogens (tertiary/aromatic N) is 2. The van der Waals surface area contributed by atoms with Crippen molar-refractivity contribution in [3.63, 3.8) is 0 Å². The molecule has 4 fully saturated rings. The number of carbonyl (C=O) groups excluding carboxylic acids is 1. The van der Waals surface area contributed by atoms with E-state index in [9.17, 15) is 9.59 Å². The molecule has 2 unspecified atom stereocenters. The number of hydrogen-bond donors (Lipinski definition) is 2. The molecule has 0 aliphatic heterocycles. The Labute approximate surface area is 154 Å². The Kier molecular flexibility index (Phi) is 4.32. The maximum Gasteiger partial charge on any atom is 0.328 e. The summed E-state index contributed by atoms with van der Waals surface area (Å²) >= 11 is 0. The third kappa shape index (κ3) is 2.93. The van der Waals surface area contributed by atoms with E-state index >= 15 is 0 Å². The molecule has 4 aliphatic rings. The van der Waals surface area contributed by atoms with Crippen molar-refractivity contribution in [2.75, 3.05) is 0 Å². The minimum Gasteiger partial charge on any atom is -0.480 e. The van der Waals surface area contributed by atoms with Crippen LogP contribution in [0.1, 0.15) is 75.2 Å². The first-order valence-electron chi connectivity index (χ1n) is 9.98. The number of nitrogens with one attached hydrogen (secondary N) is 1. The lowest BCUT2D eigenvalue weighted by molar-refractivity contribution is -0.140. The molecule has 1 amide bonds. The Morgan fingerprint density at radius 2 is 1.85 bits per heavy atom. The van der Waals surface area contributed by atoms with Crippen LogP contribution in [-0.2, 0) is 4.79 Å². The normalized spacial score (nSPS) is 34.5. The van der Waals surface area contributed by atoms with Crippen LogP contribution in [0.25, 0.3) is 0 Å². The molecule has 0 aromatic carbocycles. The summed E-state index contributed by atoms with van der Waals surface area (Å²) in [4.78, 5) is 23.9. The third-order valence-corrected chi connectivity index (χ3v) is 7.16. The van der Waals surface area contributed by atoms with Gasteiger partial charge < -0.3 is 10.4 Å². The van der Waals surface area contributed by atoms with E-state index in [4.69, 9.17) is 5.11 Å². The maximum atomic E-state index is 12.8. The van der Waals surface area contributed by atoms with Crippen molar-refractivity contribution in [1.82, 2.24) is 15.1 Å². The largest absolute Gasteiger partial charge is 0.480 e. The Bertz CT molecular complexity index is 676. The molecule has 26 heavy (non-hydrogen) atoms. The smallest absolute Gasteiger partial charge is 0.328 e. The highest BCUT2D eigenvalue weighted by Crippen LogP contribution is 2.61. The molecule has 0 saturated heterocycles. The Hall–Kier alpha value is -1.85. The average Bonchev–Trinajstić information content (AvgIpc) is 3.07. The molecule has 0 radical (unpaired) electrons. The molecule has 4 aliphatic carbocycles. The van der Waals surface area contributed by atoms with Crippen molar-refractivity contribution < 1.29 is 14.7 Å². The summed E-state index contributed by atoms with van der Waals surface area (Å²) in [5.74, 6) is 1.47. The second kappa shape index (κ2) is 6.39. The predicted molar refractivity (Wildman–Crippen MR) is 96.7 cm³/mol. The molecule has 0 spiro atoms. The van der Waals surface area contributed by atoms with Gasteiger partial charge in [0.1, 0.15) is 6.04 Å². The molecule has 1 aromatic heterocycles. The second-order valence-electron chi connectivity index (χ2n) is 8.94. The SMILES string of the molecule is CCC(NC(=O)c1cnn(C(C)C(=O)O)c1)C12CC3CC(CC(C3)C1)C2. The summed E-state index contributed by atoms with van der Waals surface area (Å²) < 4.78 is 1.34. The van der Waals surface area contributed by atoms with E-state index in [-0.39, 0.29) is 17.4 Å². The molecule has 1 aromatic rings. The second-order valence-corrected chi connectivity index (χ2v) is 8.94.